The third kappa shape index (κ3) is 9.74. The number of rotatable bonds is 16. The van der Waals surface area contributed by atoms with Crippen molar-refractivity contribution in [2.24, 2.45) is 17.8 Å². The molecule has 0 aromatic rings. The normalized spacial score (nSPS) is 21.1. The zero-order valence-corrected chi connectivity index (χ0v) is 19.4. The zero-order chi connectivity index (χ0) is 22.4. The van der Waals surface area contributed by atoms with Crippen LogP contribution in [-0.4, -0.2) is 41.2 Å². The van der Waals surface area contributed by atoms with E-state index in [0.717, 1.165) is 38.5 Å². The molecule has 1 rings (SSSR count). The maximum Gasteiger partial charge on any atom is 0.342 e. The van der Waals surface area contributed by atoms with Gasteiger partial charge in [0.15, 0.2) is 5.78 Å². The lowest BCUT2D eigenvalue weighted by atomic mass is 9.89. The summed E-state index contributed by atoms with van der Waals surface area (Å²) in [6.45, 7) is 3.96. The number of Topliss-reactive ketones (excluding diaryl/α,β-unsaturated/α-hetero) is 2. The van der Waals surface area contributed by atoms with Crippen LogP contribution in [0.4, 0.5) is 0 Å². The molecule has 0 aromatic carbocycles. The van der Waals surface area contributed by atoms with Gasteiger partial charge in [-0.15, -0.1) is 11.6 Å². The maximum absolute atomic E-state index is 12.3. The molecular weight excluding hydrogens is 404 g/mol. The standard InChI is InChI=1S/C24H39ClO5/c1-3-5-10-18(17-25)11-9-12-19-15-16-21(26)20(19)13-7-6-8-14-22(27)23(28)24(29)30-4-2/h9,12,18-20,23,28H,3-8,10-11,13-17H2,1-2H3/t18-,19-,20+,23?/m0/s1. The van der Waals surface area contributed by atoms with Crippen molar-refractivity contribution in [1.29, 1.82) is 0 Å². The van der Waals surface area contributed by atoms with Gasteiger partial charge in [-0.3, -0.25) is 9.59 Å². The largest absolute Gasteiger partial charge is 0.464 e. The van der Waals surface area contributed by atoms with Gasteiger partial charge >= 0.3 is 5.97 Å². The second-order valence-electron chi connectivity index (χ2n) is 8.32. The van der Waals surface area contributed by atoms with Gasteiger partial charge in [0, 0.05) is 24.6 Å². The molecule has 0 heterocycles. The van der Waals surface area contributed by atoms with Gasteiger partial charge in [-0.1, -0.05) is 44.8 Å². The Bertz CT molecular complexity index is 560. The number of halogens is 1. The molecule has 0 saturated heterocycles. The number of carbonyl (C=O) groups is 3. The van der Waals surface area contributed by atoms with Gasteiger partial charge in [-0.25, -0.2) is 4.79 Å². The van der Waals surface area contributed by atoms with E-state index in [1.807, 2.05) is 0 Å². The second kappa shape index (κ2) is 15.6. The minimum atomic E-state index is -1.68. The Morgan fingerprint density at radius 3 is 2.67 bits per heavy atom. The molecule has 1 fully saturated rings. The van der Waals surface area contributed by atoms with Crippen LogP contribution in [0.25, 0.3) is 0 Å². The first-order chi connectivity index (χ1) is 14.4. The highest BCUT2D eigenvalue weighted by Crippen LogP contribution is 2.34. The molecule has 1 aliphatic rings. The SMILES string of the molecule is CCCC[C@H](CCl)CC=C[C@H]1CCC(=O)[C@@H]1CCCCCC(=O)C(O)C(=O)OCC. The summed E-state index contributed by atoms with van der Waals surface area (Å²) in [6, 6.07) is 0. The molecule has 0 aromatic heterocycles. The minimum Gasteiger partial charge on any atom is -0.464 e. The number of hydrogen-bond donors (Lipinski definition) is 1. The van der Waals surface area contributed by atoms with Crippen LogP contribution < -0.4 is 0 Å². The number of hydrogen-bond acceptors (Lipinski definition) is 5. The molecule has 1 unspecified atom stereocenters. The van der Waals surface area contributed by atoms with Crippen LogP contribution in [0, 0.1) is 17.8 Å². The van der Waals surface area contributed by atoms with Crippen LogP contribution in [0.15, 0.2) is 12.2 Å². The van der Waals surface area contributed by atoms with E-state index in [9.17, 15) is 19.5 Å². The minimum absolute atomic E-state index is 0.0761. The molecule has 0 bridgehead atoms. The summed E-state index contributed by atoms with van der Waals surface area (Å²) in [6.07, 6.45) is 12.1. The van der Waals surface area contributed by atoms with Gasteiger partial charge < -0.3 is 9.84 Å². The first-order valence-electron chi connectivity index (χ1n) is 11.6. The van der Waals surface area contributed by atoms with Crippen LogP contribution in [0.1, 0.15) is 84.5 Å². The van der Waals surface area contributed by atoms with Gasteiger partial charge in [0.25, 0.3) is 0 Å². The van der Waals surface area contributed by atoms with E-state index >= 15 is 0 Å². The Balaban J connectivity index is 2.33. The first-order valence-corrected chi connectivity index (χ1v) is 12.1. The lowest BCUT2D eigenvalue weighted by Gasteiger charge is -2.16. The van der Waals surface area contributed by atoms with E-state index in [-0.39, 0.29) is 18.9 Å². The first kappa shape index (κ1) is 26.8. The Hall–Kier alpha value is -1.20. The van der Waals surface area contributed by atoms with Crippen molar-refractivity contribution in [3.05, 3.63) is 12.2 Å². The third-order valence-electron chi connectivity index (χ3n) is 5.94. The summed E-state index contributed by atoms with van der Waals surface area (Å²) in [4.78, 5) is 35.5. The summed E-state index contributed by atoms with van der Waals surface area (Å²) < 4.78 is 4.66. The Kier molecular flexibility index (Phi) is 13.9. The Morgan fingerprint density at radius 1 is 1.23 bits per heavy atom. The van der Waals surface area contributed by atoms with Crippen LogP contribution in [0.5, 0.6) is 0 Å². The fraction of sp³-hybridized carbons (Fsp3) is 0.792. The van der Waals surface area contributed by atoms with Crippen molar-refractivity contribution in [3.8, 4) is 0 Å². The monoisotopic (exact) mass is 442 g/mol. The fourth-order valence-corrected chi connectivity index (χ4v) is 4.35. The molecular formula is C24H39ClO5. The van der Waals surface area contributed by atoms with E-state index < -0.39 is 17.9 Å². The summed E-state index contributed by atoms with van der Waals surface area (Å²) in [5.74, 6) is 0.558. The number of ketones is 2. The summed E-state index contributed by atoms with van der Waals surface area (Å²) in [5, 5.41) is 9.62. The highest BCUT2D eigenvalue weighted by Gasteiger charge is 2.32. The van der Waals surface area contributed by atoms with Crippen molar-refractivity contribution in [2.75, 3.05) is 12.5 Å². The van der Waals surface area contributed by atoms with Crippen molar-refractivity contribution in [2.45, 2.75) is 90.6 Å². The number of aliphatic hydroxyl groups is 1. The summed E-state index contributed by atoms with van der Waals surface area (Å²) in [5.41, 5.74) is 0. The van der Waals surface area contributed by atoms with E-state index in [1.54, 1.807) is 6.92 Å². The predicted octanol–water partition coefficient (Wildman–Crippen LogP) is 5.02. The highest BCUT2D eigenvalue weighted by atomic mass is 35.5. The smallest absolute Gasteiger partial charge is 0.342 e. The van der Waals surface area contributed by atoms with Crippen molar-refractivity contribution in [1.82, 2.24) is 0 Å². The second-order valence-corrected chi connectivity index (χ2v) is 8.63. The van der Waals surface area contributed by atoms with Crippen LogP contribution in [0.3, 0.4) is 0 Å². The van der Waals surface area contributed by atoms with Crippen LogP contribution >= 0.6 is 11.6 Å². The van der Waals surface area contributed by atoms with Gasteiger partial charge in [0.05, 0.1) is 6.61 Å². The number of aliphatic hydroxyl groups excluding tert-OH is 1. The molecule has 172 valence electrons. The molecule has 0 amide bonds. The van der Waals surface area contributed by atoms with Gasteiger partial charge in [0.1, 0.15) is 5.78 Å². The van der Waals surface area contributed by atoms with E-state index in [2.05, 4.69) is 23.8 Å². The third-order valence-corrected chi connectivity index (χ3v) is 6.38. The Labute approximate surface area is 186 Å². The molecule has 0 spiro atoms. The number of esters is 1. The lowest BCUT2D eigenvalue weighted by Crippen LogP contribution is -2.31. The topological polar surface area (TPSA) is 80.7 Å². The van der Waals surface area contributed by atoms with Gasteiger partial charge in [0.2, 0.25) is 6.10 Å². The lowest BCUT2D eigenvalue weighted by molar-refractivity contribution is -0.157. The summed E-state index contributed by atoms with van der Waals surface area (Å²) >= 11 is 6.07. The molecule has 1 N–H and O–H groups in total. The molecule has 6 heteroatoms. The summed E-state index contributed by atoms with van der Waals surface area (Å²) in [7, 11) is 0. The number of allylic oxidation sites excluding steroid dienone is 2. The number of ether oxygens (including phenoxy) is 1. The molecule has 4 atom stereocenters. The van der Waals surface area contributed by atoms with Gasteiger partial charge in [-0.2, -0.15) is 0 Å². The predicted molar refractivity (Wildman–Crippen MR) is 119 cm³/mol. The molecule has 1 saturated carbocycles. The zero-order valence-electron chi connectivity index (χ0n) is 18.6. The molecule has 30 heavy (non-hydrogen) atoms. The maximum atomic E-state index is 12.3. The van der Waals surface area contributed by atoms with Crippen LogP contribution in [0.2, 0.25) is 0 Å². The highest BCUT2D eigenvalue weighted by molar-refractivity contribution is 6.18. The molecule has 1 aliphatic carbocycles. The Morgan fingerprint density at radius 2 is 2.00 bits per heavy atom. The average molecular weight is 443 g/mol. The fourth-order valence-electron chi connectivity index (χ4n) is 4.07. The average Bonchev–Trinajstić information content (AvgIpc) is 3.09. The van der Waals surface area contributed by atoms with Gasteiger partial charge in [-0.05, 0) is 50.9 Å². The van der Waals surface area contributed by atoms with E-state index in [1.165, 1.54) is 12.8 Å². The number of carbonyl (C=O) groups excluding carboxylic acids is 3. The quantitative estimate of drug-likeness (QED) is 0.119. The number of alkyl halides is 1. The van der Waals surface area contributed by atoms with Crippen LogP contribution in [-0.2, 0) is 19.1 Å². The molecule has 5 nitrogen and oxygen atoms in total. The van der Waals surface area contributed by atoms with E-state index in [0.29, 0.717) is 36.3 Å². The number of unbranched alkanes of at least 4 members (excludes halogenated alkanes) is 3. The van der Waals surface area contributed by atoms with E-state index in [4.69, 9.17) is 11.6 Å². The van der Waals surface area contributed by atoms with Crippen molar-refractivity contribution >= 4 is 29.1 Å². The van der Waals surface area contributed by atoms with Crippen molar-refractivity contribution < 1.29 is 24.2 Å². The van der Waals surface area contributed by atoms with Crippen molar-refractivity contribution in [3.63, 3.8) is 0 Å². The molecule has 0 aliphatic heterocycles. The molecule has 0 radical (unpaired) electrons.